The van der Waals surface area contributed by atoms with Gasteiger partial charge in [-0.05, 0) is 41.3 Å². The van der Waals surface area contributed by atoms with Crippen LogP contribution in [0, 0.1) is 5.92 Å². The zero-order valence-corrected chi connectivity index (χ0v) is 21.6. The van der Waals surface area contributed by atoms with Gasteiger partial charge in [-0.1, -0.05) is 74.2 Å². The van der Waals surface area contributed by atoms with Crippen LogP contribution < -0.4 is 14.7 Å². The van der Waals surface area contributed by atoms with Crippen LogP contribution in [0.2, 0.25) is 0 Å². The summed E-state index contributed by atoms with van der Waals surface area (Å²) >= 11 is 0. The predicted octanol–water partition coefficient (Wildman–Crippen LogP) is 6.72. The Labute approximate surface area is 223 Å². The second-order valence-corrected chi connectivity index (χ2v) is 10.2. The van der Waals surface area contributed by atoms with Gasteiger partial charge in [0.05, 0.1) is 5.69 Å². The van der Waals surface area contributed by atoms with E-state index in [2.05, 4.69) is 131 Å². The molecule has 4 atom stereocenters. The number of rotatable bonds is 4. The summed E-state index contributed by atoms with van der Waals surface area (Å²) in [7, 11) is 2.18. The average Bonchev–Trinajstić information content (AvgIpc) is 3.52. The van der Waals surface area contributed by atoms with Gasteiger partial charge in [0.25, 0.3) is 0 Å². The summed E-state index contributed by atoms with van der Waals surface area (Å²) < 4.78 is 0. The zero-order valence-electron chi connectivity index (χ0n) is 21.6. The van der Waals surface area contributed by atoms with Crippen molar-refractivity contribution in [1.29, 1.82) is 0 Å². The molecule has 0 saturated carbocycles. The monoisotopic (exact) mass is 498 g/mol. The smallest absolute Gasteiger partial charge is 0.178 e. The summed E-state index contributed by atoms with van der Waals surface area (Å²) in [5.74, 6) is 2.16. The van der Waals surface area contributed by atoms with Crippen LogP contribution in [0.5, 0.6) is 0 Å². The fourth-order valence-electron chi connectivity index (χ4n) is 6.59. The number of anilines is 5. The van der Waals surface area contributed by atoms with Crippen LogP contribution in [0.25, 0.3) is 6.08 Å². The Morgan fingerprint density at radius 3 is 2.16 bits per heavy atom. The van der Waals surface area contributed by atoms with E-state index in [0.29, 0.717) is 0 Å². The molecule has 0 N–H and O–H groups in total. The number of nitrogens with zero attached hydrogens (tertiary/aromatic N) is 6. The number of hydrogen-bond acceptors (Lipinski definition) is 6. The third-order valence-electron chi connectivity index (χ3n) is 8.23. The van der Waals surface area contributed by atoms with Gasteiger partial charge in [-0.25, -0.2) is 9.97 Å². The first-order chi connectivity index (χ1) is 18.7. The third kappa shape index (κ3) is 3.19. The van der Waals surface area contributed by atoms with Crippen molar-refractivity contribution in [2.24, 2.45) is 5.92 Å². The van der Waals surface area contributed by atoms with E-state index in [9.17, 15) is 0 Å². The molecule has 0 radical (unpaired) electrons. The molecule has 3 aliphatic rings. The molecule has 188 valence electrons. The van der Waals surface area contributed by atoms with Crippen molar-refractivity contribution in [2.75, 3.05) is 21.7 Å². The lowest BCUT2D eigenvalue weighted by atomic mass is 9.77. The molecule has 4 aromatic rings. The standard InChI is InChI=1S/C32H30N6/c1-4-23-12-8-10-16-26(23)38-30-29(33-18-19-34-30)37(24-13-6-5-7-14-24)32(38)28-22(2)25-15-9-11-17-27(25)36-21-20-35(3)31(28)36/h4-22,28,31-32H,1H2,2-3H3. The van der Waals surface area contributed by atoms with Crippen molar-refractivity contribution >= 4 is 34.8 Å². The van der Waals surface area contributed by atoms with Crippen molar-refractivity contribution in [2.45, 2.75) is 25.2 Å². The van der Waals surface area contributed by atoms with Crippen molar-refractivity contribution < 1.29 is 0 Å². The highest BCUT2D eigenvalue weighted by molar-refractivity contribution is 5.86. The minimum absolute atomic E-state index is 0.0888. The van der Waals surface area contributed by atoms with Gasteiger partial charge in [0.15, 0.2) is 11.6 Å². The lowest BCUT2D eigenvalue weighted by molar-refractivity contribution is 0.192. The van der Waals surface area contributed by atoms with Gasteiger partial charge >= 0.3 is 0 Å². The number of hydrogen-bond donors (Lipinski definition) is 0. The van der Waals surface area contributed by atoms with Gasteiger partial charge in [-0.3, -0.25) is 0 Å². The number of para-hydroxylation sites is 3. The van der Waals surface area contributed by atoms with Gasteiger partial charge in [0.2, 0.25) is 0 Å². The molecular weight excluding hydrogens is 468 g/mol. The van der Waals surface area contributed by atoms with E-state index >= 15 is 0 Å². The topological polar surface area (TPSA) is 38.7 Å². The molecule has 38 heavy (non-hydrogen) atoms. The second kappa shape index (κ2) is 8.77. The van der Waals surface area contributed by atoms with Gasteiger partial charge in [-0.15, -0.1) is 0 Å². The minimum atomic E-state index is -0.0888. The Balaban J connectivity index is 1.50. The van der Waals surface area contributed by atoms with E-state index in [1.807, 2.05) is 6.08 Å². The highest BCUT2D eigenvalue weighted by atomic mass is 15.5. The first-order valence-electron chi connectivity index (χ1n) is 13.1. The molecular formula is C32H30N6. The van der Waals surface area contributed by atoms with Crippen LogP contribution in [0.15, 0.2) is 110 Å². The summed E-state index contributed by atoms with van der Waals surface area (Å²) in [6.45, 7) is 6.51. The summed E-state index contributed by atoms with van der Waals surface area (Å²) in [6.07, 6.45) is 9.98. The molecule has 7 rings (SSSR count). The van der Waals surface area contributed by atoms with E-state index in [0.717, 1.165) is 28.6 Å². The van der Waals surface area contributed by atoms with Crippen LogP contribution in [-0.2, 0) is 0 Å². The second-order valence-electron chi connectivity index (χ2n) is 10.2. The molecule has 6 heteroatoms. The molecule has 4 unspecified atom stereocenters. The fourth-order valence-corrected chi connectivity index (χ4v) is 6.59. The Morgan fingerprint density at radius 2 is 1.39 bits per heavy atom. The molecule has 3 aliphatic heterocycles. The summed E-state index contributed by atoms with van der Waals surface area (Å²) in [6, 6.07) is 27.9. The van der Waals surface area contributed by atoms with E-state index in [1.54, 1.807) is 12.4 Å². The van der Waals surface area contributed by atoms with E-state index in [4.69, 9.17) is 9.97 Å². The quantitative estimate of drug-likeness (QED) is 0.311. The van der Waals surface area contributed by atoms with E-state index < -0.39 is 0 Å². The molecule has 0 saturated heterocycles. The highest BCUT2D eigenvalue weighted by Gasteiger charge is 2.54. The van der Waals surface area contributed by atoms with Gasteiger partial charge in [0, 0.05) is 49.1 Å². The van der Waals surface area contributed by atoms with Crippen molar-refractivity contribution in [3.63, 3.8) is 0 Å². The van der Waals surface area contributed by atoms with Crippen molar-refractivity contribution in [3.05, 3.63) is 121 Å². The highest BCUT2D eigenvalue weighted by Crippen LogP contribution is 2.54. The molecule has 3 aromatic carbocycles. The first kappa shape index (κ1) is 22.6. The van der Waals surface area contributed by atoms with Crippen LogP contribution in [0.1, 0.15) is 24.0 Å². The molecule has 0 bridgehead atoms. The molecule has 6 nitrogen and oxygen atoms in total. The van der Waals surface area contributed by atoms with Crippen LogP contribution in [0.3, 0.4) is 0 Å². The van der Waals surface area contributed by atoms with Gasteiger partial charge in [0.1, 0.15) is 12.3 Å². The van der Waals surface area contributed by atoms with E-state index in [-0.39, 0.29) is 24.2 Å². The van der Waals surface area contributed by atoms with Crippen molar-refractivity contribution in [3.8, 4) is 0 Å². The number of fused-ring (bicyclic) bond motifs is 4. The SMILES string of the molecule is C=Cc1ccccc1N1c2nccnc2N(c2ccccc2)C1C1C(C)c2ccccc2N2C=CN(C)C12. The summed E-state index contributed by atoms with van der Waals surface area (Å²) in [5, 5.41) is 0. The lowest BCUT2D eigenvalue weighted by Crippen LogP contribution is -2.58. The third-order valence-corrected chi connectivity index (χ3v) is 8.23. The molecule has 0 aliphatic carbocycles. The fraction of sp³-hybridized carbons (Fsp3) is 0.188. The Hall–Kier alpha value is -4.58. The van der Waals surface area contributed by atoms with Crippen LogP contribution in [-0.4, -0.2) is 34.2 Å². The minimum Gasteiger partial charge on any atom is -0.358 e. The number of benzene rings is 3. The first-order valence-corrected chi connectivity index (χ1v) is 13.1. The lowest BCUT2D eigenvalue weighted by Gasteiger charge is -2.50. The molecule has 0 fully saturated rings. The van der Waals surface area contributed by atoms with Crippen molar-refractivity contribution in [1.82, 2.24) is 14.9 Å². The van der Waals surface area contributed by atoms with Gasteiger partial charge < -0.3 is 19.6 Å². The zero-order chi connectivity index (χ0) is 25.8. The normalized spacial score (nSPS) is 23.3. The van der Waals surface area contributed by atoms with E-state index in [1.165, 1.54) is 11.3 Å². The summed E-state index contributed by atoms with van der Waals surface area (Å²) in [5.41, 5.74) is 5.89. The Bertz CT molecular complexity index is 1530. The average molecular weight is 499 g/mol. The predicted molar refractivity (Wildman–Crippen MR) is 155 cm³/mol. The molecule has 0 spiro atoms. The van der Waals surface area contributed by atoms with Crippen LogP contribution in [0.4, 0.5) is 28.7 Å². The summed E-state index contributed by atoms with van der Waals surface area (Å²) in [4.78, 5) is 19.4. The maximum absolute atomic E-state index is 4.93. The number of aromatic nitrogens is 2. The largest absolute Gasteiger partial charge is 0.358 e. The maximum Gasteiger partial charge on any atom is 0.178 e. The van der Waals surface area contributed by atoms with Gasteiger partial charge in [-0.2, -0.15) is 0 Å². The van der Waals surface area contributed by atoms with Crippen LogP contribution >= 0.6 is 0 Å². The molecule has 1 aromatic heterocycles. The Morgan fingerprint density at radius 1 is 0.737 bits per heavy atom. The maximum atomic E-state index is 4.93. The molecule has 0 amide bonds. The Kier molecular flexibility index (Phi) is 5.22. The molecule has 4 heterocycles.